The smallest absolute Gasteiger partial charge is 0.243 e. The van der Waals surface area contributed by atoms with E-state index in [2.05, 4.69) is 24.4 Å². The van der Waals surface area contributed by atoms with Crippen LogP contribution in [0.4, 0.5) is 0 Å². The third-order valence-corrected chi connectivity index (χ3v) is 7.65. The van der Waals surface area contributed by atoms with Gasteiger partial charge in [-0.25, -0.2) is 0 Å². The van der Waals surface area contributed by atoms with E-state index >= 15 is 0 Å². The molecule has 0 heterocycles. The lowest BCUT2D eigenvalue weighted by molar-refractivity contribution is -0.141. The average molecular weight is 527 g/mol. The number of aryl methyl sites for hydroxylation is 2. The largest absolute Gasteiger partial charge is 0.494 e. The van der Waals surface area contributed by atoms with Gasteiger partial charge in [-0.1, -0.05) is 91.6 Å². The molecule has 5 nitrogen and oxygen atoms in total. The Hall–Kier alpha value is -3.60. The van der Waals surface area contributed by atoms with E-state index in [0.717, 1.165) is 48.1 Å². The van der Waals surface area contributed by atoms with Gasteiger partial charge in [0, 0.05) is 25.4 Å². The van der Waals surface area contributed by atoms with Crippen LogP contribution >= 0.6 is 0 Å². The molecule has 1 N–H and O–H groups in total. The molecule has 0 saturated heterocycles. The summed E-state index contributed by atoms with van der Waals surface area (Å²) in [5.74, 6) is 0.729. The zero-order chi connectivity index (χ0) is 27.5. The summed E-state index contributed by atoms with van der Waals surface area (Å²) in [5, 5.41) is 3.31. The van der Waals surface area contributed by atoms with Crippen LogP contribution in [0.1, 0.15) is 67.2 Å². The number of ether oxygens (including phenoxy) is 1. The predicted octanol–water partition coefficient (Wildman–Crippen LogP) is 6.55. The summed E-state index contributed by atoms with van der Waals surface area (Å²) in [6, 6.07) is 25.7. The van der Waals surface area contributed by atoms with Crippen LogP contribution in [0.25, 0.3) is 0 Å². The fraction of sp³-hybridized carbons (Fsp3) is 0.412. The first kappa shape index (κ1) is 28.4. The van der Waals surface area contributed by atoms with E-state index < -0.39 is 6.04 Å². The topological polar surface area (TPSA) is 58.6 Å². The van der Waals surface area contributed by atoms with Gasteiger partial charge in [0.25, 0.3) is 0 Å². The normalized spacial score (nSPS) is 14.4. The Balaban J connectivity index is 1.52. The van der Waals surface area contributed by atoms with Crippen LogP contribution in [0.5, 0.6) is 5.75 Å². The van der Waals surface area contributed by atoms with Crippen LogP contribution in [0.3, 0.4) is 0 Å². The van der Waals surface area contributed by atoms with Gasteiger partial charge in [0.15, 0.2) is 0 Å². The van der Waals surface area contributed by atoms with E-state index in [-0.39, 0.29) is 17.9 Å². The van der Waals surface area contributed by atoms with Gasteiger partial charge in [0.2, 0.25) is 11.8 Å². The number of benzene rings is 3. The molecule has 1 aliphatic rings. The number of amides is 2. The van der Waals surface area contributed by atoms with Crippen molar-refractivity contribution in [3.8, 4) is 5.75 Å². The van der Waals surface area contributed by atoms with Crippen LogP contribution in [-0.2, 0) is 22.6 Å². The van der Waals surface area contributed by atoms with Gasteiger partial charge in [-0.05, 0) is 61.9 Å². The molecule has 0 aliphatic heterocycles. The summed E-state index contributed by atoms with van der Waals surface area (Å²) in [7, 11) is 0. The molecule has 1 saturated carbocycles. The highest BCUT2D eigenvalue weighted by Crippen LogP contribution is 2.21. The lowest BCUT2D eigenvalue weighted by Crippen LogP contribution is -2.52. The van der Waals surface area contributed by atoms with Crippen molar-refractivity contribution in [3.05, 3.63) is 101 Å². The average Bonchev–Trinajstić information content (AvgIpc) is 2.96. The number of carbonyl (C=O) groups excluding carboxylic acids is 2. The minimum absolute atomic E-state index is 0.0227. The van der Waals surface area contributed by atoms with Crippen molar-refractivity contribution in [2.45, 2.75) is 83.8 Å². The maximum Gasteiger partial charge on any atom is 0.243 e. The second-order valence-electron chi connectivity index (χ2n) is 10.8. The van der Waals surface area contributed by atoms with Gasteiger partial charge in [-0.2, -0.15) is 0 Å². The van der Waals surface area contributed by atoms with Crippen LogP contribution in [0.15, 0.2) is 78.9 Å². The van der Waals surface area contributed by atoms with Crippen molar-refractivity contribution >= 4 is 11.8 Å². The second-order valence-corrected chi connectivity index (χ2v) is 10.8. The molecule has 3 aromatic rings. The van der Waals surface area contributed by atoms with Crippen molar-refractivity contribution in [1.82, 2.24) is 10.2 Å². The van der Waals surface area contributed by atoms with Crippen molar-refractivity contribution < 1.29 is 14.3 Å². The first-order chi connectivity index (χ1) is 19.0. The molecule has 4 rings (SSSR count). The zero-order valence-electron chi connectivity index (χ0n) is 23.4. The number of carbonyl (C=O) groups is 2. The van der Waals surface area contributed by atoms with Crippen LogP contribution in [-0.4, -0.2) is 35.4 Å². The fourth-order valence-electron chi connectivity index (χ4n) is 5.26. The molecule has 1 fully saturated rings. The monoisotopic (exact) mass is 526 g/mol. The van der Waals surface area contributed by atoms with E-state index in [1.54, 1.807) is 4.90 Å². The van der Waals surface area contributed by atoms with Gasteiger partial charge in [-0.15, -0.1) is 0 Å². The molecule has 5 heteroatoms. The highest BCUT2D eigenvalue weighted by molar-refractivity contribution is 5.88. The molecule has 1 atom stereocenters. The van der Waals surface area contributed by atoms with E-state index in [9.17, 15) is 9.59 Å². The number of hydrogen-bond donors (Lipinski definition) is 1. The molecule has 0 spiro atoms. The Labute approximate surface area is 233 Å². The molecule has 206 valence electrons. The van der Waals surface area contributed by atoms with Crippen molar-refractivity contribution in [1.29, 1.82) is 0 Å². The molecule has 0 bridgehead atoms. The Morgan fingerprint density at radius 3 is 2.31 bits per heavy atom. The number of hydrogen-bond acceptors (Lipinski definition) is 3. The van der Waals surface area contributed by atoms with E-state index in [1.165, 1.54) is 12.0 Å². The van der Waals surface area contributed by atoms with E-state index in [4.69, 9.17) is 4.74 Å². The molecule has 3 aromatic carbocycles. The number of nitrogens with zero attached hydrogens (tertiary/aromatic N) is 1. The lowest BCUT2D eigenvalue weighted by Gasteiger charge is -2.34. The first-order valence-corrected chi connectivity index (χ1v) is 14.4. The highest BCUT2D eigenvalue weighted by atomic mass is 16.5. The molecular formula is C34H42N2O3. The van der Waals surface area contributed by atoms with E-state index in [1.807, 2.05) is 73.7 Å². The van der Waals surface area contributed by atoms with Crippen molar-refractivity contribution in [2.75, 3.05) is 6.61 Å². The molecule has 0 unspecified atom stereocenters. The minimum atomic E-state index is -0.584. The molecule has 1 aliphatic carbocycles. The number of nitrogens with one attached hydrogen (secondary N) is 1. The van der Waals surface area contributed by atoms with Gasteiger partial charge >= 0.3 is 0 Å². The summed E-state index contributed by atoms with van der Waals surface area (Å²) < 4.78 is 5.88. The third-order valence-electron chi connectivity index (χ3n) is 7.65. The van der Waals surface area contributed by atoms with Crippen LogP contribution in [0.2, 0.25) is 0 Å². The molecule has 0 radical (unpaired) electrons. The Morgan fingerprint density at radius 1 is 0.897 bits per heavy atom. The molecule has 39 heavy (non-hydrogen) atoms. The summed E-state index contributed by atoms with van der Waals surface area (Å²) in [6.07, 6.45) is 6.90. The van der Waals surface area contributed by atoms with Crippen molar-refractivity contribution in [2.24, 2.45) is 0 Å². The maximum absolute atomic E-state index is 13.8. The summed E-state index contributed by atoms with van der Waals surface area (Å²) in [4.78, 5) is 29.5. The lowest BCUT2D eigenvalue weighted by atomic mass is 9.94. The summed E-state index contributed by atoms with van der Waals surface area (Å²) >= 11 is 0. The van der Waals surface area contributed by atoms with Gasteiger partial charge < -0.3 is 15.0 Å². The standard InChI is InChI=1S/C34H42N2O3/c1-26-19-21-31(22-20-26)39-23-11-18-33(37)36(25-29-15-10-9-12-27(29)2)32(24-28-13-5-3-6-14-28)34(38)35-30-16-7-4-8-17-30/h3,5-6,9-10,12-15,19-22,30,32H,4,7-8,11,16-18,23-25H2,1-2H3,(H,35,38)/t32-/m1/s1. The molecule has 0 aromatic heterocycles. The second kappa shape index (κ2) is 14.5. The predicted molar refractivity (Wildman–Crippen MR) is 157 cm³/mol. The fourth-order valence-corrected chi connectivity index (χ4v) is 5.26. The first-order valence-electron chi connectivity index (χ1n) is 14.4. The summed E-state index contributed by atoms with van der Waals surface area (Å²) in [6.45, 7) is 4.95. The van der Waals surface area contributed by atoms with Crippen LogP contribution in [0, 0.1) is 13.8 Å². The van der Waals surface area contributed by atoms with Gasteiger partial charge in [-0.3, -0.25) is 9.59 Å². The number of rotatable bonds is 12. The summed E-state index contributed by atoms with van der Waals surface area (Å²) in [5.41, 5.74) is 4.40. The van der Waals surface area contributed by atoms with Crippen LogP contribution < -0.4 is 10.1 Å². The molecular weight excluding hydrogens is 484 g/mol. The minimum Gasteiger partial charge on any atom is -0.494 e. The Kier molecular flexibility index (Phi) is 10.6. The third kappa shape index (κ3) is 8.71. The Morgan fingerprint density at radius 2 is 1.59 bits per heavy atom. The van der Waals surface area contributed by atoms with Crippen molar-refractivity contribution in [3.63, 3.8) is 0 Å². The maximum atomic E-state index is 13.8. The SMILES string of the molecule is Cc1ccc(OCCCC(=O)N(Cc2ccccc2C)[C@H](Cc2ccccc2)C(=O)NC2CCCCC2)cc1. The Bertz CT molecular complexity index is 1190. The van der Waals surface area contributed by atoms with E-state index in [0.29, 0.717) is 32.4 Å². The zero-order valence-corrected chi connectivity index (χ0v) is 23.4. The quantitative estimate of drug-likeness (QED) is 0.272. The van der Waals surface area contributed by atoms with Gasteiger partial charge in [0.1, 0.15) is 11.8 Å². The van der Waals surface area contributed by atoms with Gasteiger partial charge in [0.05, 0.1) is 6.61 Å². The highest BCUT2D eigenvalue weighted by Gasteiger charge is 2.31. The molecule has 2 amide bonds.